The quantitative estimate of drug-likeness (QED) is 0.589. The molecule has 1 nitrogen and oxygen atoms in total. The van der Waals surface area contributed by atoms with Crippen molar-refractivity contribution in [3.63, 3.8) is 0 Å². The van der Waals surface area contributed by atoms with Gasteiger partial charge in [0.2, 0.25) is 5.82 Å². The molecule has 1 heterocycles. The van der Waals surface area contributed by atoms with Crippen LogP contribution >= 0.6 is 0 Å². The van der Waals surface area contributed by atoms with Crippen LogP contribution in [0.15, 0.2) is 22.8 Å². The molecular formula is C9H6F2O. The summed E-state index contributed by atoms with van der Waals surface area (Å²) in [5.41, 5.74) is 0.802. The Kier molecular flexibility index (Phi) is 1.40. The fourth-order valence-corrected chi connectivity index (χ4v) is 1.17. The highest BCUT2D eigenvalue weighted by Crippen LogP contribution is 2.24. The Morgan fingerprint density at radius 1 is 1.25 bits per heavy atom. The van der Waals surface area contributed by atoms with E-state index in [9.17, 15) is 8.78 Å². The SMILES string of the molecule is Cc1coc2c(F)c(F)ccc12. The Morgan fingerprint density at radius 3 is 2.75 bits per heavy atom. The van der Waals surface area contributed by atoms with Crippen LogP contribution in [-0.2, 0) is 0 Å². The molecule has 62 valence electrons. The van der Waals surface area contributed by atoms with Gasteiger partial charge in [-0.2, -0.15) is 4.39 Å². The first-order valence-electron chi connectivity index (χ1n) is 3.52. The molecule has 0 aliphatic rings. The molecule has 0 spiro atoms. The number of rotatable bonds is 0. The normalized spacial score (nSPS) is 10.9. The Balaban J connectivity index is 2.93. The van der Waals surface area contributed by atoms with Crippen LogP contribution < -0.4 is 0 Å². The third-order valence-electron chi connectivity index (χ3n) is 1.83. The van der Waals surface area contributed by atoms with Crippen molar-refractivity contribution in [2.24, 2.45) is 0 Å². The highest BCUT2D eigenvalue weighted by Gasteiger charge is 2.11. The molecule has 0 radical (unpaired) electrons. The molecule has 0 amide bonds. The molecule has 0 atom stereocenters. The molecule has 2 aromatic rings. The number of furan rings is 1. The molecule has 12 heavy (non-hydrogen) atoms. The van der Waals surface area contributed by atoms with Crippen LogP contribution in [0.5, 0.6) is 0 Å². The zero-order chi connectivity index (χ0) is 8.72. The lowest BCUT2D eigenvalue weighted by molar-refractivity contribution is 0.491. The van der Waals surface area contributed by atoms with E-state index in [1.54, 1.807) is 6.92 Å². The first-order chi connectivity index (χ1) is 5.70. The van der Waals surface area contributed by atoms with Crippen LogP contribution in [0, 0.1) is 18.6 Å². The van der Waals surface area contributed by atoms with Crippen molar-refractivity contribution in [3.05, 3.63) is 35.6 Å². The minimum absolute atomic E-state index is 0.00694. The zero-order valence-electron chi connectivity index (χ0n) is 6.40. The maximum atomic E-state index is 12.9. The van der Waals surface area contributed by atoms with Gasteiger partial charge in [-0.25, -0.2) is 4.39 Å². The van der Waals surface area contributed by atoms with Gasteiger partial charge in [0.1, 0.15) is 0 Å². The summed E-state index contributed by atoms with van der Waals surface area (Å²) in [4.78, 5) is 0. The predicted octanol–water partition coefficient (Wildman–Crippen LogP) is 3.02. The van der Waals surface area contributed by atoms with E-state index in [-0.39, 0.29) is 5.58 Å². The highest BCUT2D eigenvalue weighted by molar-refractivity contribution is 5.81. The van der Waals surface area contributed by atoms with E-state index < -0.39 is 11.6 Å². The van der Waals surface area contributed by atoms with Crippen molar-refractivity contribution in [2.75, 3.05) is 0 Å². The van der Waals surface area contributed by atoms with Crippen molar-refractivity contribution < 1.29 is 13.2 Å². The summed E-state index contributed by atoms with van der Waals surface area (Å²) < 4.78 is 30.4. The second-order valence-electron chi connectivity index (χ2n) is 2.66. The van der Waals surface area contributed by atoms with Gasteiger partial charge in [0.25, 0.3) is 0 Å². The monoisotopic (exact) mass is 168 g/mol. The van der Waals surface area contributed by atoms with E-state index in [0.29, 0.717) is 5.39 Å². The van der Waals surface area contributed by atoms with Crippen molar-refractivity contribution >= 4 is 11.0 Å². The van der Waals surface area contributed by atoms with E-state index in [1.165, 1.54) is 12.3 Å². The Labute approximate surface area is 67.6 Å². The largest absolute Gasteiger partial charge is 0.461 e. The fraction of sp³-hybridized carbons (Fsp3) is 0.111. The number of halogens is 2. The average Bonchev–Trinajstić information content (AvgIpc) is 2.41. The van der Waals surface area contributed by atoms with E-state index in [2.05, 4.69) is 0 Å². The first-order valence-corrected chi connectivity index (χ1v) is 3.52. The lowest BCUT2D eigenvalue weighted by Crippen LogP contribution is -1.82. The van der Waals surface area contributed by atoms with Crippen LogP contribution in [0.2, 0.25) is 0 Å². The molecule has 0 saturated carbocycles. The Hall–Kier alpha value is -1.38. The van der Waals surface area contributed by atoms with Crippen LogP contribution in [-0.4, -0.2) is 0 Å². The summed E-state index contributed by atoms with van der Waals surface area (Å²) >= 11 is 0. The molecule has 2 rings (SSSR count). The topological polar surface area (TPSA) is 13.1 Å². The maximum absolute atomic E-state index is 12.9. The number of hydrogen-bond acceptors (Lipinski definition) is 1. The molecule has 1 aromatic carbocycles. The van der Waals surface area contributed by atoms with Crippen LogP contribution in [0.3, 0.4) is 0 Å². The van der Waals surface area contributed by atoms with Gasteiger partial charge in [-0.1, -0.05) is 0 Å². The van der Waals surface area contributed by atoms with Gasteiger partial charge in [0.15, 0.2) is 11.4 Å². The summed E-state index contributed by atoms with van der Waals surface area (Å²) in [5.74, 6) is -1.79. The van der Waals surface area contributed by atoms with Gasteiger partial charge in [-0.05, 0) is 24.6 Å². The predicted molar refractivity (Wildman–Crippen MR) is 40.9 cm³/mol. The lowest BCUT2D eigenvalue weighted by atomic mass is 10.2. The van der Waals surface area contributed by atoms with Crippen LogP contribution in [0.4, 0.5) is 8.78 Å². The first kappa shape index (κ1) is 7.28. The molecule has 0 saturated heterocycles. The highest BCUT2D eigenvalue weighted by atomic mass is 19.2. The van der Waals surface area contributed by atoms with Gasteiger partial charge in [0, 0.05) is 5.39 Å². The zero-order valence-corrected chi connectivity index (χ0v) is 6.40. The summed E-state index contributed by atoms with van der Waals surface area (Å²) in [6.07, 6.45) is 1.41. The van der Waals surface area contributed by atoms with E-state index in [4.69, 9.17) is 4.42 Å². The van der Waals surface area contributed by atoms with E-state index >= 15 is 0 Å². The molecule has 3 heteroatoms. The number of fused-ring (bicyclic) bond motifs is 1. The molecule has 0 aliphatic heterocycles. The fourth-order valence-electron chi connectivity index (χ4n) is 1.17. The van der Waals surface area contributed by atoms with Gasteiger partial charge in [0.05, 0.1) is 6.26 Å². The molecule has 1 aromatic heterocycles. The summed E-state index contributed by atoms with van der Waals surface area (Å²) in [5, 5.41) is 0.619. The number of aryl methyl sites for hydroxylation is 1. The van der Waals surface area contributed by atoms with Crippen molar-refractivity contribution in [2.45, 2.75) is 6.92 Å². The Bertz CT molecular complexity index is 431. The van der Waals surface area contributed by atoms with Gasteiger partial charge in [-0.15, -0.1) is 0 Å². The minimum Gasteiger partial charge on any atom is -0.461 e. The standard InChI is InChI=1S/C9H6F2O/c1-5-4-12-9-6(5)2-3-7(10)8(9)11/h2-4H,1H3. The lowest BCUT2D eigenvalue weighted by Gasteiger charge is -1.92. The van der Waals surface area contributed by atoms with Gasteiger partial charge >= 0.3 is 0 Å². The second kappa shape index (κ2) is 2.30. The molecule has 0 unspecified atom stereocenters. The molecular weight excluding hydrogens is 162 g/mol. The van der Waals surface area contributed by atoms with Crippen LogP contribution in [0.25, 0.3) is 11.0 Å². The average molecular weight is 168 g/mol. The maximum Gasteiger partial charge on any atom is 0.201 e. The van der Waals surface area contributed by atoms with Crippen LogP contribution in [0.1, 0.15) is 5.56 Å². The van der Waals surface area contributed by atoms with Gasteiger partial charge < -0.3 is 4.42 Å². The Morgan fingerprint density at radius 2 is 2.00 bits per heavy atom. The van der Waals surface area contributed by atoms with Crippen molar-refractivity contribution in [1.29, 1.82) is 0 Å². The smallest absolute Gasteiger partial charge is 0.201 e. The van der Waals surface area contributed by atoms with Crippen molar-refractivity contribution in [3.8, 4) is 0 Å². The van der Waals surface area contributed by atoms with E-state index in [0.717, 1.165) is 11.6 Å². The van der Waals surface area contributed by atoms with E-state index in [1.807, 2.05) is 0 Å². The molecule has 0 aliphatic carbocycles. The van der Waals surface area contributed by atoms with Crippen molar-refractivity contribution in [1.82, 2.24) is 0 Å². The summed E-state index contributed by atoms with van der Waals surface area (Å²) in [6, 6.07) is 2.60. The molecule has 0 N–H and O–H groups in total. The summed E-state index contributed by atoms with van der Waals surface area (Å²) in [7, 11) is 0. The molecule has 0 bridgehead atoms. The number of hydrogen-bond donors (Lipinski definition) is 0. The number of benzene rings is 1. The minimum atomic E-state index is -0.916. The summed E-state index contributed by atoms with van der Waals surface area (Å²) in [6.45, 7) is 1.78. The molecule has 0 fully saturated rings. The van der Waals surface area contributed by atoms with Gasteiger partial charge in [-0.3, -0.25) is 0 Å². The third-order valence-corrected chi connectivity index (χ3v) is 1.83. The second-order valence-corrected chi connectivity index (χ2v) is 2.66. The third kappa shape index (κ3) is 0.826.